The van der Waals surface area contributed by atoms with E-state index >= 15 is 0 Å². The first kappa shape index (κ1) is 33.9. The van der Waals surface area contributed by atoms with Crippen LogP contribution in [0.2, 0.25) is 0 Å². The van der Waals surface area contributed by atoms with E-state index < -0.39 is 28.5 Å². The summed E-state index contributed by atoms with van der Waals surface area (Å²) in [5, 5.41) is 2.86. The molecule has 4 rings (SSSR count). The molecule has 0 saturated heterocycles. The van der Waals surface area contributed by atoms with Gasteiger partial charge in [0.15, 0.2) is 11.5 Å². The number of carbonyl (C=O) groups is 2. The van der Waals surface area contributed by atoms with Crippen LogP contribution >= 0.6 is 0 Å². The van der Waals surface area contributed by atoms with E-state index in [1.807, 2.05) is 36.4 Å². The lowest BCUT2D eigenvalue weighted by atomic mass is 10.0. The molecule has 2 amide bonds. The number of amides is 2. The predicted octanol–water partition coefficient (Wildman–Crippen LogP) is 4.68. The Hall–Kier alpha value is -5.03. The van der Waals surface area contributed by atoms with Crippen molar-refractivity contribution in [1.29, 1.82) is 0 Å². The number of hydrogen-bond acceptors (Lipinski definition) is 7. The molecule has 1 atom stereocenters. The van der Waals surface area contributed by atoms with Crippen molar-refractivity contribution in [1.82, 2.24) is 10.2 Å². The van der Waals surface area contributed by atoms with Gasteiger partial charge in [-0.15, -0.1) is 0 Å². The normalized spacial score (nSPS) is 11.7. The van der Waals surface area contributed by atoms with Gasteiger partial charge in [-0.2, -0.15) is 0 Å². The number of rotatable bonds is 15. The topological polar surface area (TPSA) is 114 Å². The average Bonchev–Trinajstić information content (AvgIpc) is 3.09. The second-order valence-electron chi connectivity index (χ2n) is 10.3. The molecule has 10 nitrogen and oxygen atoms in total. The maximum absolute atomic E-state index is 14.5. The van der Waals surface area contributed by atoms with Gasteiger partial charge in [-0.25, -0.2) is 8.42 Å². The Morgan fingerprint density at radius 3 is 2.04 bits per heavy atom. The molecule has 0 aliphatic rings. The van der Waals surface area contributed by atoms with Gasteiger partial charge in [0.05, 0.1) is 31.9 Å². The van der Waals surface area contributed by atoms with Crippen molar-refractivity contribution < 1.29 is 32.2 Å². The molecule has 46 heavy (non-hydrogen) atoms. The standard InChI is InChI=1S/C35H39N3O7S/c1-5-36-35(40)31(22-26-13-8-6-9-14-26)37(24-27-15-12-16-29(21-27)43-2)34(39)25-38(46(41,42)30-17-10-7-11-18-30)28-19-20-32(44-3)33(23-28)45-4/h6-21,23,31H,5,22,24-25H2,1-4H3,(H,36,40)/t31-/m0/s1. The average molecular weight is 646 g/mol. The molecule has 0 fully saturated rings. The van der Waals surface area contributed by atoms with Gasteiger partial charge >= 0.3 is 0 Å². The lowest BCUT2D eigenvalue weighted by molar-refractivity contribution is -0.140. The molecule has 0 aliphatic carbocycles. The van der Waals surface area contributed by atoms with Gasteiger partial charge in [-0.1, -0.05) is 60.7 Å². The summed E-state index contributed by atoms with van der Waals surface area (Å²) >= 11 is 0. The third-order valence-corrected chi connectivity index (χ3v) is 9.16. The molecule has 0 bridgehead atoms. The zero-order chi connectivity index (χ0) is 33.1. The van der Waals surface area contributed by atoms with E-state index in [-0.39, 0.29) is 29.5 Å². The molecule has 0 saturated carbocycles. The largest absolute Gasteiger partial charge is 0.497 e. The highest BCUT2D eigenvalue weighted by Gasteiger charge is 2.35. The van der Waals surface area contributed by atoms with Crippen molar-refractivity contribution in [2.45, 2.75) is 30.8 Å². The number of likely N-dealkylation sites (N-methyl/N-ethyl adjacent to an activating group) is 1. The number of hydrogen-bond donors (Lipinski definition) is 1. The lowest BCUT2D eigenvalue weighted by Crippen LogP contribution is -2.53. The van der Waals surface area contributed by atoms with Crippen molar-refractivity contribution in [2.75, 3.05) is 38.7 Å². The molecule has 0 unspecified atom stereocenters. The zero-order valence-electron chi connectivity index (χ0n) is 26.4. The smallest absolute Gasteiger partial charge is 0.264 e. The second-order valence-corrected chi connectivity index (χ2v) is 12.2. The Bertz CT molecular complexity index is 1720. The SMILES string of the molecule is CCNC(=O)[C@H](Cc1ccccc1)N(Cc1cccc(OC)c1)C(=O)CN(c1ccc(OC)c(OC)c1)S(=O)(=O)c1ccccc1. The summed E-state index contributed by atoms with van der Waals surface area (Å²) in [6.45, 7) is 1.58. The van der Waals surface area contributed by atoms with Gasteiger partial charge in [-0.05, 0) is 54.4 Å². The summed E-state index contributed by atoms with van der Waals surface area (Å²) in [6, 6.07) is 28.1. The van der Waals surface area contributed by atoms with Gasteiger partial charge in [0.2, 0.25) is 11.8 Å². The predicted molar refractivity (Wildman–Crippen MR) is 177 cm³/mol. The van der Waals surface area contributed by atoms with Gasteiger partial charge in [0.1, 0.15) is 18.3 Å². The number of benzene rings is 4. The van der Waals surface area contributed by atoms with E-state index in [1.165, 1.54) is 37.3 Å². The number of sulfonamides is 1. The summed E-state index contributed by atoms with van der Waals surface area (Å²) in [7, 11) is 0.209. The maximum Gasteiger partial charge on any atom is 0.264 e. The highest BCUT2D eigenvalue weighted by atomic mass is 32.2. The first-order chi connectivity index (χ1) is 22.2. The van der Waals surface area contributed by atoms with Crippen LogP contribution in [0.25, 0.3) is 0 Å². The fourth-order valence-electron chi connectivity index (χ4n) is 5.04. The molecular weight excluding hydrogens is 606 g/mol. The van der Waals surface area contributed by atoms with Crippen LogP contribution in [0, 0.1) is 0 Å². The van der Waals surface area contributed by atoms with Crippen LogP contribution in [-0.2, 0) is 32.6 Å². The Balaban J connectivity index is 1.83. The van der Waals surface area contributed by atoms with E-state index in [0.717, 1.165) is 9.87 Å². The minimum atomic E-state index is -4.26. The maximum atomic E-state index is 14.5. The molecule has 0 heterocycles. The molecule has 4 aromatic rings. The molecule has 0 aliphatic heterocycles. The van der Waals surface area contributed by atoms with Crippen molar-refractivity contribution in [2.24, 2.45) is 0 Å². The number of carbonyl (C=O) groups excluding carboxylic acids is 2. The minimum Gasteiger partial charge on any atom is -0.497 e. The lowest BCUT2D eigenvalue weighted by Gasteiger charge is -2.34. The van der Waals surface area contributed by atoms with Crippen molar-refractivity contribution in [3.05, 3.63) is 114 Å². The Morgan fingerprint density at radius 1 is 0.761 bits per heavy atom. The fraction of sp³-hybridized carbons (Fsp3) is 0.257. The zero-order valence-corrected chi connectivity index (χ0v) is 27.2. The van der Waals surface area contributed by atoms with Crippen molar-refractivity contribution in [3.63, 3.8) is 0 Å². The fourth-order valence-corrected chi connectivity index (χ4v) is 6.47. The molecule has 242 valence electrons. The first-order valence-electron chi connectivity index (χ1n) is 14.8. The summed E-state index contributed by atoms with van der Waals surface area (Å²) in [5.74, 6) is 0.336. The summed E-state index contributed by atoms with van der Waals surface area (Å²) in [4.78, 5) is 29.6. The van der Waals surface area contributed by atoms with Crippen LogP contribution in [0.15, 0.2) is 108 Å². The monoisotopic (exact) mass is 645 g/mol. The summed E-state index contributed by atoms with van der Waals surface area (Å²) in [6.07, 6.45) is 0.212. The number of nitrogens with zero attached hydrogens (tertiary/aromatic N) is 2. The molecule has 0 spiro atoms. The van der Waals surface area contributed by atoms with Gasteiger partial charge in [0.25, 0.3) is 10.0 Å². The van der Waals surface area contributed by atoms with Crippen LogP contribution in [0.5, 0.6) is 17.2 Å². The summed E-state index contributed by atoms with van der Waals surface area (Å²) in [5.41, 5.74) is 1.74. The van der Waals surface area contributed by atoms with E-state index in [2.05, 4.69) is 5.32 Å². The Morgan fingerprint density at radius 2 is 1.41 bits per heavy atom. The van der Waals surface area contributed by atoms with Crippen LogP contribution in [0.3, 0.4) is 0 Å². The van der Waals surface area contributed by atoms with Crippen LogP contribution in [-0.4, -0.2) is 65.6 Å². The number of nitrogens with one attached hydrogen (secondary N) is 1. The molecule has 1 N–H and O–H groups in total. The van der Waals surface area contributed by atoms with E-state index in [9.17, 15) is 18.0 Å². The number of anilines is 1. The van der Waals surface area contributed by atoms with Crippen molar-refractivity contribution >= 4 is 27.5 Å². The van der Waals surface area contributed by atoms with Gasteiger partial charge < -0.3 is 24.4 Å². The minimum absolute atomic E-state index is 0.00138. The molecule has 0 aromatic heterocycles. The second kappa shape index (κ2) is 15.8. The van der Waals surface area contributed by atoms with Crippen LogP contribution < -0.4 is 23.8 Å². The molecule has 4 aromatic carbocycles. The van der Waals surface area contributed by atoms with Crippen molar-refractivity contribution in [3.8, 4) is 17.2 Å². The molecule has 11 heteroatoms. The highest BCUT2D eigenvalue weighted by molar-refractivity contribution is 7.92. The molecule has 0 radical (unpaired) electrons. The Labute approximate surface area is 270 Å². The third-order valence-electron chi connectivity index (χ3n) is 7.37. The van der Waals surface area contributed by atoms with E-state index in [1.54, 1.807) is 62.6 Å². The van der Waals surface area contributed by atoms with E-state index in [0.29, 0.717) is 29.4 Å². The summed E-state index contributed by atoms with van der Waals surface area (Å²) < 4.78 is 45.6. The molecular formula is C35H39N3O7S. The quantitative estimate of drug-likeness (QED) is 0.200. The number of ether oxygens (including phenoxy) is 3. The number of methoxy groups -OCH3 is 3. The van der Waals surface area contributed by atoms with E-state index in [4.69, 9.17) is 14.2 Å². The highest BCUT2D eigenvalue weighted by Crippen LogP contribution is 2.34. The Kier molecular flexibility index (Phi) is 11.6. The van der Waals surface area contributed by atoms with Gasteiger partial charge in [0, 0.05) is 25.6 Å². The third kappa shape index (κ3) is 8.16. The van der Waals surface area contributed by atoms with Gasteiger partial charge in [-0.3, -0.25) is 13.9 Å². The first-order valence-corrected chi connectivity index (χ1v) is 16.2. The van der Waals surface area contributed by atoms with Crippen LogP contribution in [0.4, 0.5) is 5.69 Å². The van der Waals surface area contributed by atoms with Crippen LogP contribution in [0.1, 0.15) is 18.1 Å².